The van der Waals surface area contributed by atoms with Crippen LogP contribution in [0.2, 0.25) is 0 Å². The first-order chi connectivity index (χ1) is 20.2. The van der Waals surface area contributed by atoms with E-state index in [0.29, 0.717) is 15.6 Å². The molecule has 1 aliphatic heterocycles. The standard InChI is InChI=1S/C29H23N3O9S/c1-38-24-14-18(5-11-22(24)33)6-12-28(34)41-23-16-26-25(39-17-40-26)15-21(23)29(35)32(27-4-2-3-13-31-27)42(36,37)20-9-7-19(30)8-10-20/h2-16,33H,17,30H2,1H3. The summed E-state index contributed by atoms with van der Waals surface area (Å²) in [5.41, 5.74) is 6.26. The van der Waals surface area contributed by atoms with E-state index >= 15 is 0 Å². The van der Waals surface area contributed by atoms with Crippen LogP contribution in [0, 0.1) is 0 Å². The third kappa shape index (κ3) is 5.67. The van der Waals surface area contributed by atoms with Gasteiger partial charge in [0, 0.05) is 30.1 Å². The zero-order chi connectivity index (χ0) is 29.9. The second-order valence-corrected chi connectivity index (χ2v) is 10.5. The molecular weight excluding hydrogens is 566 g/mol. The Balaban J connectivity index is 1.54. The Labute approximate surface area is 240 Å². The van der Waals surface area contributed by atoms with Crippen molar-refractivity contribution in [2.45, 2.75) is 4.90 Å². The number of carbonyl (C=O) groups is 2. The second-order valence-electron chi connectivity index (χ2n) is 8.72. The number of nitrogens with two attached hydrogens (primary N) is 1. The lowest BCUT2D eigenvalue weighted by Crippen LogP contribution is -2.38. The lowest BCUT2D eigenvalue weighted by Gasteiger charge is -2.22. The molecule has 0 saturated carbocycles. The highest BCUT2D eigenvalue weighted by atomic mass is 32.2. The van der Waals surface area contributed by atoms with Crippen LogP contribution in [0.15, 0.2) is 90.0 Å². The van der Waals surface area contributed by atoms with Gasteiger partial charge in [0.1, 0.15) is 5.75 Å². The van der Waals surface area contributed by atoms with Gasteiger partial charge in [0.25, 0.3) is 15.9 Å². The summed E-state index contributed by atoms with van der Waals surface area (Å²) in [6, 6.07) is 16.7. The van der Waals surface area contributed by atoms with Crippen LogP contribution in [0.25, 0.3) is 6.08 Å². The number of esters is 1. The number of pyridine rings is 1. The van der Waals surface area contributed by atoms with Crippen molar-refractivity contribution in [2.75, 3.05) is 23.9 Å². The van der Waals surface area contributed by atoms with Gasteiger partial charge in [-0.1, -0.05) is 12.1 Å². The summed E-state index contributed by atoms with van der Waals surface area (Å²) in [5, 5.41) is 9.78. The van der Waals surface area contributed by atoms with E-state index in [4.69, 9.17) is 24.7 Å². The summed E-state index contributed by atoms with van der Waals surface area (Å²) >= 11 is 0. The van der Waals surface area contributed by atoms with Crippen molar-refractivity contribution in [1.82, 2.24) is 4.98 Å². The van der Waals surface area contributed by atoms with Crippen LogP contribution in [-0.2, 0) is 14.8 Å². The molecule has 0 aliphatic carbocycles. The Kier molecular flexibility index (Phi) is 7.67. The molecule has 42 heavy (non-hydrogen) atoms. The number of sulfonamides is 1. The van der Waals surface area contributed by atoms with Crippen LogP contribution in [0.1, 0.15) is 15.9 Å². The fraction of sp³-hybridized carbons (Fsp3) is 0.0690. The van der Waals surface area contributed by atoms with Gasteiger partial charge in [-0.2, -0.15) is 4.31 Å². The van der Waals surface area contributed by atoms with Gasteiger partial charge < -0.3 is 29.8 Å². The average molecular weight is 590 g/mol. The molecule has 1 aromatic heterocycles. The second kappa shape index (κ2) is 11.5. The number of aromatic hydroxyl groups is 1. The normalized spacial score (nSPS) is 12.2. The number of hydrogen-bond acceptors (Lipinski definition) is 11. The number of nitrogen functional groups attached to an aromatic ring is 1. The maximum absolute atomic E-state index is 14.1. The summed E-state index contributed by atoms with van der Waals surface area (Å²) < 4.78 is 49.4. The Morgan fingerprint density at radius 2 is 1.74 bits per heavy atom. The first kappa shape index (κ1) is 28.0. The topological polar surface area (TPSA) is 168 Å². The molecule has 13 heteroatoms. The van der Waals surface area contributed by atoms with Crippen LogP contribution in [0.4, 0.5) is 11.5 Å². The van der Waals surface area contributed by atoms with Crippen LogP contribution < -0.4 is 29.0 Å². The molecular formula is C29H23N3O9S. The molecule has 0 saturated heterocycles. The molecule has 0 radical (unpaired) electrons. The molecule has 0 fully saturated rings. The SMILES string of the molecule is COc1cc(C=CC(=O)Oc2cc3c(cc2C(=O)N(c2ccccn2)S(=O)(=O)c2ccc(N)cc2)OCO3)ccc1O. The molecule has 0 bridgehead atoms. The molecule has 2 heterocycles. The molecule has 3 N–H and O–H groups in total. The zero-order valence-corrected chi connectivity index (χ0v) is 22.8. The Bertz CT molecular complexity index is 1790. The van der Waals surface area contributed by atoms with Crippen molar-refractivity contribution in [3.8, 4) is 28.7 Å². The Hall–Kier alpha value is -5.56. The highest BCUT2D eigenvalue weighted by molar-refractivity contribution is 7.93. The van der Waals surface area contributed by atoms with E-state index < -0.39 is 21.9 Å². The minimum Gasteiger partial charge on any atom is -0.504 e. The average Bonchev–Trinajstić information content (AvgIpc) is 3.44. The minimum absolute atomic E-state index is 0.0767. The van der Waals surface area contributed by atoms with Gasteiger partial charge in [0.15, 0.2) is 28.8 Å². The molecule has 3 aromatic carbocycles. The summed E-state index contributed by atoms with van der Waals surface area (Å²) in [7, 11) is -3.14. The number of rotatable bonds is 8. The van der Waals surface area contributed by atoms with Crippen molar-refractivity contribution < 1.29 is 42.1 Å². The quantitative estimate of drug-likeness (QED) is 0.133. The molecule has 1 amide bonds. The van der Waals surface area contributed by atoms with Crippen LogP contribution >= 0.6 is 0 Å². The van der Waals surface area contributed by atoms with E-state index in [1.54, 1.807) is 12.1 Å². The van der Waals surface area contributed by atoms with E-state index in [1.165, 1.54) is 80.0 Å². The summed E-state index contributed by atoms with van der Waals surface area (Å²) in [5.74, 6) is -1.98. The summed E-state index contributed by atoms with van der Waals surface area (Å²) in [6.07, 6.45) is 3.83. The van der Waals surface area contributed by atoms with Crippen LogP contribution in [-0.4, -0.2) is 44.3 Å². The maximum atomic E-state index is 14.1. The Morgan fingerprint density at radius 3 is 2.43 bits per heavy atom. The number of amides is 1. The number of carbonyl (C=O) groups excluding carboxylic acids is 2. The highest BCUT2D eigenvalue weighted by Crippen LogP contribution is 2.40. The largest absolute Gasteiger partial charge is 0.504 e. The molecule has 4 aromatic rings. The molecule has 5 rings (SSSR count). The van der Waals surface area contributed by atoms with E-state index in [-0.39, 0.29) is 51.8 Å². The summed E-state index contributed by atoms with van der Waals surface area (Å²) in [4.78, 5) is 30.8. The number of fused-ring (bicyclic) bond motifs is 1. The number of phenolic OH excluding ortho intramolecular Hbond substituents is 1. The third-order valence-corrected chi connectivity index (χ3v) is 7.69. The predicted octanol–water partition coefficient (Wildman–Crippen LogP) is 3.76. The number of aromatic nitrogens is 1. The van der Waals surface area contributed by atoms with Gasteiger partial charge in [-0.05, 0) is 60.2 Å². The summed E-state index contributed by atoms with van der Waals surface area (Å²) in [6.45, 7) is -0.156. The lowest BCUT2D eigenvalue weighted by atomic mass is 10.1. The highest BCUT2D eigenvalue weighted by Gasteiger charge is 2.36. The fourth-order valence-electron chi connectivity index (χ4n) is 3.94. The number of nitrogens with zero attached hydrogens (tertiary/aromatic N) is 2. The Morgan fingerprint density at radius 1 is 1.00 bits per heavy atom. The molecule has 0 atom stereocenters. The van der Waals surface area contributed by atoms with Crippen molar-refractivity contribution in [2.24, 2.45) is 0 Å². The third-order valence-electron chi connectivity index (χ3n) is 5.99. The van der Waals surface area contributed by atoms with Gasteiger partial charge in [0.2, 0.25) is 6.79 Å². The zero-order valence-electron chi connectivity index (χ0n) is 22.0. The number of ether oxygens (including phenoxy) is 4. The number of phenols is 1. The van der Waals surface area contributed by atoms with Crippen LogP contribution in [0.3, 0.4) is 0 Å². The smallest absolute Gasteiger partial charge is 0.336 e. The number of hydrogen-bond donors (Lipinski definition) is 2. The number of benzene rings is 3. The minimum atomic E-state index is -4.53. The maximum Gasteiger partial charge on any atom is 0.336 e. The first-order valence-electron chi connectivity index (χ1n) is 12.2. The molecule has 0 spiro atoms. The fourth-order valence-corrected chi connectivity index (χ4v) is 5.31. The number of anilines is 2. The van der Waals surface area contributed by atoms with Gasteiger partial charge in [-0.25, -0.2) is 18.2 Å². The van der Waals surface area contributed by atoms with Crippen molar-refractivity contribution in [1.29, 1.82) is 0 Å². The van der Waals surface area contributed by atoms with E-state index in [2.05, 4.69) is 4.98 Å². The molecule has 12 nitrogen and oxygen atoms in total. The van der Waals surface area contributed by atoms with E-state index in [0.717, 1.165) is 6.08 Å². The van der Waals surface area contributed by atoms with Gasteiger partial charge in [-0.3, -0.25) is 4.79 Å². The monoisotopic (exact) mass is 589 g/mol. The molecule has 1 aliphatic rings. The predicted molar refractivity (Wildman–Crippen MR) is 151 cm³/mol. The first-order valence-corrected chi connectivity index (χ1v) is 13.7. The lowest BCUT2D eigenvalue weighted by molar-refractivity contribution is -0.128. The van der Waals surface area contributed by atoms with Crippen molar-refractivity contribution in [3.63, 3.8) is 0 Å². The van der Waals surface area contributed by atoms with E-state index in [9.17, 15) is 23.1 Å². The van der Waals surface area contributed by atoms with Crippen molar-refractivity contribution >= 4 is 39.5 Å². The van der Waals surface area contributed by atoms with E-state index in [1.807, 2.05) is 0 Å². The van der Waals surface area contributed by atoms with Crippen molar-refractivity contribution in [3.05, 3.63) is 96.2 Å². The molecule has 0 unspecified atom stereocenters. The number of methoxy groups -OCH3 is 1. The van der Waals surface area contributed by atoms with Gasteiger partial charge in [-0.15, -0.1) is 0 Å². The van der Waals surface area contributed by atoms with Gasteiger partial charge in [0.05, 0.1) is 17.6 Å². The van der Waals surface area contributed by atoms with Crippen LogP contribution in [0.5, 0.6) is 28.7 Å². The van der Waals surface area contributed by atoms with Gasteiger partial charge >= 0.3 is 5.97 Å². The molecule has 214 valence electrons.